The minimum atomic E-state index is 0.680. The summed E-state index contributed by atoms with van der Waals surface area (Å²) in [4.78, 5) is 0. The van der Waals surface area contributed by atoms with Crippen molar-refractivity contribution < 1.29 is 0 Å². The Hall–Kier alpha value is 0. The summed E-state index contributed by atoms with van der Waals surface area (Å²) >= 11 is 0. The molecule has 2 saturated carbocycles. The van der Waals surface area contributed by atoms with Crippen LogP contribution in [0.2, 0.25) is 0 Å². The van der Waals surface area contributed by atoms with Crippen molar-refractivity contribution in [2.75, 3.05) is 0 Å². The molecule has 0 saturated heterocycles. The highest BCUT2D eigenvalue weighted by atomic mass is 14.7. The first-order valence-corrected chi connectivity index (χ1v) is 4.48. The third-order valence-electron chi connectivity index (χ3n) is 4.44. The highest BCUT2D eigenvalue weighted by Crippen LogP contribution is 2.77. The van der Waals surface area contributed by atoms with Crippen molar-refractivity contribution in [1.29, 1.82) is 0 Å². The molecule has 0 N–H and O–H groups in total. The van der Waals surface area contributed by atoms with Gasteiger partial charge in [0, 0.05) is 0 Å². The quantitative estimate of drug-likeness (QED) is 0.482. The van der Waals surface area contributed by atoms with Crippen LogP contribution in [0.15, 0.2) is 0 Å². The molecule has 0 aromatic rings. The van der Waals surface area contributed by atoms with E-state index in [0.29, 0.717) is 5.41 Å². The van der Waals surface area contributed by atoms with Crippen molar-refractivity contribution >= 4 is 0 Å². The Morgan fingerprint density at radius 3 is 2.10 bits per heavy atom. The molecule has 0 aromatic heterocycles. The van der Waals surface area contributed by atoms with Gasteiger partial charge in [0.05, 0.1) is 0 Å². The highest BCUT2D eigenvalue weighted by molar-refractivity contribution is 5.18. The minimum Gasteiger partial charge on any atom is -0.0625 e. The van der Waals surface area contributed by atoms with Crippen LogP contribution in [-0.4, -0.2) is 0 Å². The van der Waals surface area contributed by atoms with E-state index >= 15 is 0 Å². The lowest BCUT2D eigenvalue weighted by atomic mass is 9.88. The van der Waals surface area contributed by atoms with Crippen molar-refractivity contribution in [2.45, 2.75) is 40.5 Å². The van der Waals surface area contributed by atoms with E-state index < -0.39 is 0 Å². The zero-order valence-electron chi connectivity index (χ0n) is 7.57. The van der Waals surface area contributed by atoms with Gasteiger partial charge in [0.15, 0.2) is 0 Å². The van der Waals surface area contributed by atoms with Crippen molar-refractivity contribution in [2.24, 2.45) is 22.7 Å². The number of hydrogen-bond donors (Lipinski definition) is 0. The van der Waals surface area contributed by atoms with Crippen molar-refractivity contribution in [3.63, 3.8) is 0 Å². The fourth-order valence-corrected chi connectivity index (χ4v) is 3.37. The molecule has 2 rings (SSSR count). The van der Waals surface area contributed by atoms with Gasteiger partial charge in [-0.2, -0.15) is 0 Å². The largest absolute Gasteiger partial charge is 0.0625 e. The van der Waals surface area contributed by atoms with Crippen LogP contribution in [0.1, 0.15) is 40.5 Å². The minimum absolute atomic E-state index is 0.680. The third-order valence-corrected chi connectivity index (χ3v) is 4.44. The van der Waals surface area contributed by atoms with Crippen LogP contribution in [0.4, 0.5) is 0 Å². The van der Waals surface area contributed by atoms with E-state index in [1.807, 2.05) is 0 Å². The summed E-state index contributed by atoms with van der Waals surface area (Å²) in [6, 6.07) is 0. The topological polar surface area (TPSA) is 0 Å². The fourth-order valence-electron chi connectivity index (χ4n) is 3.37. The molecule has 0 aliphatic heterocycles. The van der Waals surface area contributed by atoms with Crippen LogP contribution in [0, 0.1) is 22.7 Å². The lowest BCUT2D eigenvalue weighted by Crippen LogP contribution is -2.07. The first-order chi connectivity index (χ1) is 4.48. The van der Waals surface area contributed by atoms with Gasteiger partial charge in [-0.3, -0.25) is 0 Å². The van der Waals surface area contributed by atoms with Crippen LogP contribution in [-0.2, 0) is 0 Å². The lowest BCUT2D eigenvalue weighted by molar-refractivity contribution is 0.332. The van der Waals surface area contributed by atoms with Gasteiger partial charge in [-0.25, -0.2) is 0 Å². The number of hydrogen-bond acceptors (Lipinski definition) is 0. The summed E-state index contributed by atoms with van der Waals surface area (Å²) in [5.41, 5.74) is 1.41. The summed E-state index contributed by atoms with van der Waals surface area (Å²) in [5, 5.41) is 0. The first kappa shape index (κ1) is 6.69. The predicted molar refractivity (Wildman–Crippen MR) is 43.8 cm³/mol. The molecule has 2 aliphatic rings. The maximum absolute atomic E-state index is 2.47. The molecule has 10 heavy (non-hydrogen) atoms. The molecule has 0 aromatic carbocycles. The van der Waals surface area contributed by atoms with E-state index in [9.17, 15) is 0 Å². The van der Waals surface area contributed by atoms with Gasteiger partial charge in [0.2, 0.25) is 0 Å². The van der Waals surface area contributed by atoms with Gasteiger partial charge >= 0.3 is 0 Å². The van der Waals surface area contributed by atoms with Crippen LogP contribution in [0.3, 0.4) is 0 Å². The van der Waals surface area contributed by atoms with Crippen LogP contribution < -0.4 is 0 Å². The van der Waals surface area contributed by atoms with Crippen LogP contribution in [0.25, 0.3) is 0 Å². The molecule has 0 amide bonds. The Morgan fingerprint density at radius 2 is 1.80 bits per heavy atom. The van der Waals surface area contributed by atoms with E-state index in [0.717, 1.165) is 17.3 Å². The average molecular weight is 138 g/mol. The predicted octanol–water partition coefficient (Wildman–Crippen LogP) is 3.08. The van der Waals surface area contributed by atoms with Crippen LogP contribution in [0.5, 0.6) is 0 Å². The molecule has 2 fully saturated rings. The molecule has 0 nitrogen and oxygen atoms in total. The molecule has 0 heterocycles. The van der Waals surface area contributed by atoms with Gasteiger partial charge < -0.3 is 0 Å². The molecular weight excluding hydrogens is 120 g/mol. The molecule has 0 spiro atoms. The third kappa shape index (κ3) is 0.500. The van der Waals surface area contributed by atoms with E-state index in [1.54, 1.807) is 0 Å². The summed E-state index contributed by atoms with van der Waals surface area (Å²) < 4.78 is 0. The standard InChI is InChI=1S/C10H18/c1-7-5-8-9(2,3)10(8,4)6-7/h7-8H,5-6H2,1-4H3. The normalized spacial score (nSPS) is 56.4. The summed E-state index contributed by atoms with van der Waals surface area (Å²) in [5.74, 6) is 2.05. The fraction of sp³-hybridized carbons (Fsp3) is 1.00. The molecule has 0 radical (unpaired) electrons. The Kier molecular flexibility index (Phi) is 0.964. The van der Waals surface area contributed by atoms with E-state index in [1.165, 1.54) is 12.8 Å². The zero-order chi connectivity index (χ0) is 7.57. The Balaban J connectivity index is 2.20. The second kappa shape index (κ2) is 1.44. The van der Waals surface area contributed by atoms with Gasteiger partial charge in [-0.05, 0) is 35.5 Å². The maximum Gasteiger partial charge on any atom is -0.0236 e. The Bertz CT molecular complexity index is 169. The molecule has 0 bridgehead atoms. The Labute approximate surface area is 64.0 Å². The SMILES string of the molecule is CC1CC2C(C)(C)C2(C)C1. The van der Waals surface area contributed by atoms with E-state index in [-0.39, 0.29) is 0 Å². The number of rotatable bonds is 0. The van der Waals surface area contributed by atoms with E-state index in [4.69, 9.17) is 0 Å². The maximum atomic E-state index is 2.47. The van der Waals surface area contributed by atoms with Gasteiger partial charge in [0.1, 0.15) is 0 Å². The van der Waals surface area contributed by atoms with Gasteiger partial charge in [0.25, 0.3) is 0 Å². The smallest absolute Gasteiger partial charge is 0.0236 e. The Morgan fingerprint density at radius 1 is 1.20 bits per heavy atom. The van der Waals surface area contributed by atoms with E-state index in [2.05, 4.69) is 27.7 Å². The van der Waals surface area contributed by atoms with Gasteiger partial charge in [-0.15, -0.1) is 0 Å². The summed E-state index contributed by atoms with van der Waals surface area (Å²) in [6.45, 7) is 9.74. The molecule has 58 valence electrons. The highest BCUT2D eigenvalue weighted by Gasteiger charge is 2.70. The number of fused-ring (bicyclic) bond motifs is 1. The van der Waals surface area contributed by atoms with Crippen LogP contribution >= 0.6 is 0 Å². The van der Waals surface area contributed by atoms with Crippen molar-refractivity contribution in [1.82, 2.24) is 0 Å². The molecule has 0 heteroatoms. The average Bonchev–Trinajstić information content (AvgIpc) is 2.21. The molecule has 3 unspecified atom stereocenters. The lowest BCUT2D eigenvalue weighted by Gasteiger charge is -2.17. The molecular formula is C10H18. The second-order valence-corrected chi connectivity index (χ2v) is 5.24. The van der Waals surface area contributed by atoms with Gasteiger partial charge in [-0.1, -0.05) is 27.7 Å². The molecule has 2 aliphatic carbocycles. The van der Waals surface area contributed by atoms with Crippen molar-refractivity contribution in [3.05, 3.63) is 0 Å². The summed E-state index contributed by atoms with van der Waals surface area (Å²) in [7, 11) is 0. The first-order valence-electron chi connectivity index (χ1n) is 4.48. The summed E-state index contributed by atoms with van der Waals surface area (Å²) in [6.07, 6.45) is 2.97. The molecule has 3 atom stereocenters. The monoisotopic (exact) mass is 138 g/mol. The van der Waals surface area contributed by atoms with Crippen molar-refractivity contribution in [3.8, 4) is 0 Å². The second-order valence-electron chi connectivity index (χ2n) is 5.24. The zero-order valence-corrected chi connectivity index (χ0v) is 7.57.